The van der Waals surface area contributed by atoms with Crippen molar-refractivity contribution in [2.75, 3.05) is 31.1 Å². The van der Waals surface area contributed by atoms with Gasteiger partial charge in [-0.25, -0.2) is 0 Å². The molecule has 0 aromatic heterocycles. The molecule has 0 bridgehead atoms. The minimum absolute atomic E-state index is 0.345. The highest BCUT2D eigenvalue weighted by atomic mass is 19.4. The Hall–Kier alpha value is -1.23. The molecule has 2 heterocycles. The van der Waals surface area contributed by atoms with Crippen LogP contribution in [0.1, 0.15) is 36.8 Å². The molecule has 0 N–H and O–H groups in total. The molecule has 2 saturated heterocycles. The zero-order chi connectivity index (χ0) is 15.7. The lowest BCUT2D eigenvalue weighted by molar-refractivity contribution is -0.137. The average molecular weight is 312 g/mol. The highest BCUT2D eigenvalue weighted by Gasteiger charge is 2.36. The third-order valence-electron chi connectivity index (χ3n) is 4.92. The Kier molecular flexibility index (Phi) is 4.35. The predicted molar refractivity (Wildman–Crippen MR) is 82.2 cm³/mol. The fourth-order valence-electron chi connectivity index (χ4n) is 3.73. The standard InChI is InChI=1S/C17H23F3N2/c1-13-4-5-16(15(12-13)17(18,19)20)22-10-6-14(7-11-22)21-8-2-3-9-21/h4-5,12,14H,2-3,6-11H2,1H3. The van der Waals surface area contributed by atoms with E-state index >= 15 is 0 Å². The minimum atomic E-state index is -4.28. The summed E-state index contributed by atoms with van der Waals surface area (Å²) in [6.07, 6.45) is 0.163. The summed E-state index contributed by atoms with van der Waals surface area (Å²) in [6.45, 7) is 5.45. The number of likely N-dealkylation sites (tertiary alicyclic amines) is 1. The molecular formula is C17H23F3N2. The van der Waals surface area contributed by atoms with Gasteiger partial charge in [0.25, 0.3) is 0 Å². The number of alkyl halides is 3. The van der Waals surface area contributed by atoms with Gasteiger partial charge in [-0.2, -0.15) is 13.2 Å². The summed E-state index contributed by atoms with van der Waals surface area (Å²) in [5.74, 6) is 0. The molecule has 122 valence electrons. The van der Waals surface area contributed by atoms with Gasteiger partial charge in [-0.3, -0.25) is 0 Å². The summed E-state index contributed by atoms with van der Waals surface area (Å²) in [5.41, 5.74) is 0.508. The van der Waals surface area contributed by atoms with Gasteiger partial charge in [0.2, 0.25) is 0 Å². The van der Waals surface area contributed by atoms with Gasteiger partial charge in [0.1, 0.15) is 0 Å². The molecule has 0 atom stereocenters. The van der Waals surface area contributed by atoms with Crippen LogP contribution in [0.4, 0.5) is 18.9 Å². The maximum Gasteiger partial charge on any atom is 0.418 e. The molecule has 0 saturated carbocycles. The zero-order valence-corrected chi connectivity index (χ0v) is 13.0. The molecule has 0 spiro atoms. The Labute approximate surface area is 129 Å². The topological polar surface area (TPSA) is 6.48 Å². The van der Waals surface area contributed by atoms with E-state index in [1.54, 1.807) is 19.1 Å². The highest BCUT2D eigenvalue weighted by molar-refractivity contribution is 5.56. The number of aryl methyl sites for hydroxylation is 1. The van der Waals surface area contributed by atoms with Gasteiger partial charge in [0.15, 0.2) is 0 Å². The Morgan fingerprint density at radius 1 is 1.00 bits per heavy atom. The Bertz CT molecular complexity index is 513. The molecule has 5 heteroatoms. The van der Waals surface area contributed by atoms with Gasteiger partial charge < -0.3 is 9.80 Å². The summed E-state index contributed by atoms with van der Waals surface area (Å²) < 4.78 is 39.8. The number of anilines is 1. The molecule has 3 rings (SSSR count). The summed E-state index contributed by atoms with van der Waals surface area (Å²) in [7, 11) is 0. The fourth-order valence-corrected chi connectivity index (χ4v) is 3.73. The number of rotatable bonds is 2. The largest absolute Gasteiger partial charge is 0.418 e. The molecule has 2 aliphatic heterocycles. The van der Waals surface area contributed by atoms with Crippen LogP contribution in [0.25, 0.3) is 0 Å². The quantitative estimate of drug-likeness (QED) is 0.812. The predicted octanol–water partition coefficient (Wildman–Crippen LogP) is 4.08. The monoisotopic (exact) mass is 312 g/mol. The highest BCUT2D eigenvalue weighted by Crippen LogP contribution is 2.38. The lowest BCUT2D eigenvalue weighted by atomic mass is 10.0. The molecule has 2 fully saturated rings. The first-order valence-electron chi connectivity index (χ1n) is 8.12. The van der Waals surface area contributed by atoms with Gasteiger partial charge in [0, 0.05) is 24.8 Å². The van der Waals surface area contributed by atoms with Crippen LogP contribution in [0.15, 0.2) is 18.2 Å². The third-order valence-corrected chi connectivity index (χ3v) is 4.92. The van der Waals surface area contributed by atoms with Crippen LogP contribution in [0, 0.1) is 6.92 Å². The van der Waals surface area contributed by atoms with Crippen LogP contribution in [0.5, 0.6) is 0 Å². The minimum Gasteiger partial charge on any atom is -0.371 e. The lowest BCUT2D eigenvalue weighted by Gasteiger charge is -2.38. The van der Waals surface area contributed by atoms with E-state index in [1.807, 2.05) is 4.90 Å². The molecule has 0 amide bonds. The van der Waals surface area contributed by atoms with E-state index in [9.17, 15) is 13.2 Å². The molecule has 1 aromatic rings. The van der Waals surface area contributed by atoms with Gasteiger partial charge in [0.05, 0.1) is 5.56 Å². The lowest BCUT2D eigenvalue weighted by Crippen LogP contribution is -2.44. The number of halogens is 3. The van der Waals surface area contributed by atoms with Crippen molar-refractivity contribution in [2.45, 2.75) is 44.8 Å². The number of hydrogen-bond acceptors (Lipinski definition) is 2. The van der Waals surface area contributed by atoms with Crippen LogP contribution in [-0.4, -0.2) is 37.1 Å². The van der Waals surface area contributed by atoms with E-state index in [0.717, 1.165) is 25.9 Å². The molecule has 2 nitrogen and oxygen atoms in total. The SMILES string of the molecule is Cc1ccc(N2CCC(N3CCCC3)CC2)c(C(F)(F)F)c1. The Morgan fingerprint density at radius 3 is 2.23 bits per heavy atom. The number of hydrogen-bond donors (Lipinski definition) is 0. The first-order chi connectivity index (χ1) is 10.4. The van der Waals surface area contributed by atoms with Crippen LogP contribution in [0.2, 0.25) is 0 Å². The Morgan fingerprint density at radius 2 is 1.64 bits per heavy atom. The van der Waals surface area contributed by atoms with Gasteiger partial charge in [-0.05, 0) is 57.8 Å². The van der Waals surface area contributed by atoms with Crippen molar-refractivity contribution in [3.8, 4) is 0 Å². The summed E-state index contributed by atoms with van der Waals surface area (Å²) >= 11 is 0. The van der Waals surface area contributed by atoms with Crippen LogP contribution in [0.3, 0.4) is 0 Å². The molecule has 2 aliphatic rings. The molecule has 0 unspecified atom stereocenters. The third kappa shape index (κ3) is 3.24. The summed E-state index contributed by atoms with van der Waals surface area (Å²) in [5, 5.41) is 0. The van der Waals surface area contributed by atoms with E-state index in [-0.39, 0.29) is 0 Å². The van der Waals surface area contributed by atoms with Crippen molar-refractivity contribution in [1.29, 1.82) is 0 Å². The van der Waals surface area contributed by atoms with Crippen molar-refractivity contribution < 1.29 is 13.2 Å². The second-order valence-electron chi connectivity index (χ2n) is 6.48. The second kappa shape index (κ2) is 6.11. The van der Waals surface area contributed by atoms with Gasteiger partial charge in [-0.15, -0.1) is 0 Å². The van der Waals surface area contributed by atoms with Crippen LogP contribution in [-0.2, 0) is 6.18 Å². The number of benzene rings is 1. The van der Waals surface area contributed by atoms with Crippen molar-refractivity contribution in [3.63, 3.8) is 0 Å². The van der Waals surface area contributed by atoms with Gasteiger partial charge >= 0.3 is 6.18 Å². The summed E-state index contributed by atoms with van der Waals surface area (Å²) in [6, 6.07) is 5.23. The molecule has 0 radical (unpaired) electrons. The molecule has 1 aromatic carbocycles. The van der Waals surface area contributed by atoms with Crippen LogP contribution >= 0.6 is 0 Å². The first kappa shape index (κ1) is 15.7. The first-order valence-corrected chi connectivity index (χ1v) is 8.12. The maximum absolute atomic E-state index is 13.3. The molecule has 0 aliphatic carbocycles. The summed E-state index contributed by atoms with van der Waals surface area (Å²) in [4.78, 5) is 4.42. The Balaban J connectivity index is 1.73. The zero-order valence-electron chi connectivity index (χ0n) is 13.0. The van der Waals surface area contributed by atoms with Crippen molar-refractivity contribution in [2.24, 2.45) is 0 Å². The van der Waals surface area contributed by atoms with E-state index in [0.29, 0.717) is 30.4 Å². The van der Waals surface area contributed by atoms with E-state index < -0.39 is 11.7 Å². The number of nitrogens with zero attached hydrogens (tertiary/aromatic N) is 2. The van der Waals surface area contributed by atoms with Crippen LogP contribution < -0.4 is 4.90 Å². The smallest absolute Gasteiger partial charge is 0.371 e. The number of piperidine rings is 1. The normalized spacial score (nSPS) is 21.5. The van der Waals surface area contributed by atoms with Crippen molar-refractivity contribution in [3.05, 3.63) is 29.3 Å². The average Bonchev–Trinajstić information content (AvgIpc) is 3.01. The van der Waals surface area contributed by atoms with E-state index in [2.05, 4.69) is 4.90 Å². The second-order valence-corrected chi connectivity index (χ2v) is 6.48. The van der Waals surface area contributed by atoms with E-state index in [1.165, 1.54) is 18.9 Å². The van der Waals surface area contributed by atoms with Gasteiger partial charge in [-0.1, -0.05) is 11.6 Å². The van der Waals surface area contributed by atoms with Crippen molar-refractivity contribution in [1.82, 2.24) is 4.90 Å². The van der Waals surface area contributed by atoms with Crippen molar-refractivity contribution >= 4 is 5.69 Å². The molecular weight excluding hydrogens is 289 g/mol. The molecule has 22 heavy (non-hydrogen) atoms. The maximum atomic E-state index is 13.3. The van der Waals surface area contributed by atoms with E-state index in [4.69, 9.17) is 0 Å². The fraction of sp³-hybridized carbons (Fsp3) is 0.647.